The smallest absolute Gasteiger partial charge is 0.179 e. The number of aromatic nitrogens is 3. The average molecular weight is 276 g/mol. The Hall–Kier alpha value is -1.33. The van der Waals surface area contributed by atoms with Crippen molar-refractivity contribution in [2.45, 2.75) is 33.6 Å². The minimum absolute atomic E-state index is 0.742. The third kappa shape index (κ3) is 3.58. The summed E-state index contributed by atoms with van der Waals surface area (Å²) in [7, 11) is 0. The third-order valence-electron chi connectivity index (χ3n) is 3.11. The van der Waals surface area contributed by atoms with Gasteiger partial charge in [-0.2, -0.15) is 0 Å². The highest BCUT2D eigenvalue weighted by atomic mass is 32.1. The number of hydrogen-bond acceptors (Lipinski definition) is 5. The molecule has 2 rings (SSSR count). The average Bonchev–Trinajstić information content (AvgIpc) is 2.90. The molecule has 0 fully saturated rings. The summed E-state index contributed by atoms with van der Waals surface area (Å²) in [5.74, 6) is 0.742. The highest BCUT2D eigenvalue weighted by Gasteiger charge is 2.10. The first-order chi connectivity index (χ1) is 9.22. The van der Waals surface area contributed by atoms with Crippen LogP contribution in [0.4, 0.5) is 0 Å². The van der Waals surface area contributed by atoms with Crippen LogP contribution in [-0.4, -0.2) is 28.0 Å². The molecule has 0 bridgehead atoms. The number of hydrogen-bond donors (Lipinski definition) is 1. The van der Waals surface area contributed by atoms with Crippen molar-refractivity contribution in [3.8, 4) is 11.5 Å². The maximum atomic E-state index is 4.59. The molecule has 0 aliphatic rings. The second-order valence-corrected chi connectivity index (χ2v) is 5.25. The molecule has 1 N–H and O–H groups in total. The van der Waals surface area contributed by atoms with E-state index < -0.39 is 0 Å². The van der Waals surface area contributed by atoms with Crippen LogP contribution in [-0.2, 0) is 6.42 Å². The molecule has 0 aromatic carbocycles. The van der Waals surface area contributed by atoms with E-state index in [2.05, 4.69) is 41.0 Å². The van der Waals surface area contributed by atoms with Crippen molar-refractivity contribution < 1.29 is 0 Å². The van der Waals surface area contributed by atoms with Crippen molar-refractivity contribution in [3.05, 3.63) is 27.8 Å². The molecule has 0 amide bonds. The van der Waals surface area contributed by atoms with Gasteiger partial charge < -0.3 is 5.32 Å². The van der Waals surface area contributed by atoms with E-state index in [-0.39, 0.29) is 0 Å². The third-order valence-corrected chi connectivity index (χ3v) is 3.70. The van der Waals surface area contributed by atoms with Crippen LogP contribution >= 0.6 is 11.3 Å². The molecule has 4 nitrogen and oxygen atoms in total. The molecule has 5 heteroatoms. The lowest BCUT2D eigenvalue weighted by Gasteiger charge is -2.10. The van der Waals surface area contributed by atoms with E-state index in [1.807, 2.05) is 10.9 Å². The first kappa shape index (κ1) is 14.1. The minimum atomic E-state index is 0.742. The molecule has 19 heavy (non-hydrogen) atoms. The van der Waals surface area contributed by atoms with Gasteiger partial charge in [-0.1, -0.05) is 6.92 Å². The summed E-state index contributed by atoms with van der Waals surface area (Å²) in [6.07, 6.45) is 2.15. The van der Waals surface area contributed by atoms with Gasteiger partial charge in [-0.05, 0) is 45.3 Å². The second-order valence-electron chi connectivity index (χ2n) is 4.53. The zero-order valence-electron chi connectivity index (χ0n) is 11.7. The maximum Gasteiger partial charge on any atom is 0.179 e. The van der Waals surface area contributed by atoms with Crippen molar-refractivity contribution in [3.63, 3.8) is 0 Å². The highest BCUT2D eigenvalue weighted by Crippen LogP contribution is 2.19. The first-order valence-corrected chi connectivity index (χ1v) is 7.60. The largest absolute Gasteiger partial charge is 0.317 e. The maximum absolute atomic E-state index is 4.59. The van der Waals surface area contributed by atoms with Crippen LogP contribution in [0.3, 0.4) is 0 Å². The molecular weight excluding hydrogens is 256 g/mol. The molecule has 0 spiro atoms. The van der Waals surface area contributed by atoms with Crippen LogP contribution < -0.4 is 5.32 Å². The SMILES string of the molecule is CCNCCCc1c(C)nc(-c2cscn2)nc1C. The predicted molar refractivity (Wildman–Crippen MR) is 79.5 cm³/mol. The molecule has 0 saturated carbocycles. The Labute approximate surface area is 118 Å². The Balaban J connectivity index is 2.13. The fraction of sp³-hybridized carbons (Fsp3) is 0.500. The van der Waals surface area contributed by atoms with Gasteiger partial charge in [0.25, 0.3) is 0 Å². The first-order valence-electron chi connectivity index (χ1n) is 6.65. The van der Waals surface area contributed by atoms with Crippen LogP contribution in [0.5, 0.6) is 0 Å². The fourth-order valence-electron chi connectivity index (χ4n) is 2.11. The Morgan fingerprint density at radius 2 is 1.95 bits per heavy atom. The number of nitrogens with one attached hydrogen (secondary N) is 1. The van der Waals surface area contributed by atoms with E-state index in [0.29, 0.717) is 0 Å². The van der Waals surface area contributed by atoms with Crippen LogP contribution in [0, 0.1) is 13.8 Å². The molecule has 2 aromatic rings. The van der Waals surface area contributed by atoms with Gasteiger partial charge >= 0.3 is 0 Å². The van der Waals surface area contributed by atoms with E-state index in [0.717, 1.165) is 48.8 Å². The van der Waals surface area contributed by atoms with E-state index >= 15 is 0 Å². The van der Waals surface area contributed by atoms with Crippen LogP contribution in [0.25, 0.3) is 11.5 Å². The highest BCUT2D eigenvalue weighted by molar-refractivity contribution is 7.07. The molecule has 0 aliphatic heterocycles. The van der Waals surface area contributed by atoms with Gasteiger partial charge in [-0.15, -0.1) is 11.3 Å². The molecule has 0 atom stereocenters. The van der Waals surface area contributed by atoms with E-state index in [4.69, 9.17) is 0 Å². The lowest BCUT2D eigenvalue weighted by molar-refractivity contribution is 0.667. The van der Waals surface area contributed by atoms with Crippen LogP contribution in [0.15, 0.2) is 10.9 Å². The molecule has 102 valence electrons. The number of nitrogens with zero attached hydrogens (tertiary/aromatic N) is 3. The Morgan fingerprint density at radius 1 is 1.21 bits per heavy atom. The Morgan fingerprint density at radius 3 is 2.53 bits per heavy atom. The number of thiazole rings is 1. The summed E-state index contributed by atoms with van der Waals surface area (Å²) in [5.41, 5.74) is 6.11. The molecule has 0 saturated heterocycles. The standard InChI is InChI=1S/C14H20N4S/c1-4-15-7-5-6-12-10(2)17-14(18-11(12)3)13-8-19-9-16-13/h8-9,15H,4-7H2,1-3H3. The van der Waals surface area contributed by atoms with Gasteiger partial charge in [0.1, 0.15) is 5.69 Å². The van der Waals surface area contributed by atoms with Crippen molar-refractivity contribution in [2.24, 2.45) is 0 Å². The summed E-state index contributed by atoms with van der Waals surface area (Å²) in [6.45, 7) is 8.32. The summed E-state index contributed by atoms with van der Waals surface area (Å²) < 4.78 is 0. The van der Waals surface area contributed by atoms with Gasteiger partial charge in [-0.3, -0.25) is 0 Å². The van der Waals surface area contributed by atoms with E-state index in [9.17, 15) is 0 Å². The van der Waals surface area contributed by atoms with E-state index in [1.165, 1.54) is 5.56 Å². The van der Waals surface area contributed by atoms with Crippen molar-refractivity contribution in [2.75, 3.05) is 13.1 Å². The summed E-state index contributed by atoms with van der Waals surface area (Å²) in [5, 5.41) is 5.33. The van der Waals surface area contributed by atoms with Crippen molar-refractivity contribution in [1.29, 1.82) is 0 Å². The van der Waals surface area contributed by atoms with Crippen molar-refractivity contribution in [1.82, 2.24) is 20.3 Å². The summed E-state index contributed by atoms with van der Waals surface area (Å²) in [6, 6.07) is 0. The zero-order valence-corrected chi connectivity index (χ0v) is 12.5. The number of aryl methyl sites for hydroxylation is 2. The van der Waals surface area contributed by atoms with Crippen LogP contribution in [0.2, 0.25) is 0 Å². The van der Waals surface area contributed by atoms with Gasteiger partial charge in [0.05, 0.1) is 5.51 Å². The lowest BCUT2D eigenvalue weighted by Crippen LogP contribution is -2.15. The topological polar surface area (TPSA) is 50.7 Å². The zero-order chi connectivity index (χ0) is 13.7. The van der Waals surface area contributed by atoms with Gasteiger partial charge in [0.15, 0.2) is 5.82 Å². The quantitative estimate of drug-likeness (QED) is 0.824. The predicted octanol–water partition coefficient (Wildman–Crippen LogP) is 2.76. The lowest BCUT2D eigenvalue weighted by atomic mass is 10.1. The Bertz CT molecular complexity index is 499. The molecular formula is C14H20N4S. The van der Waals surface area contributed by atoms with Crippen LogP contribution in [0.1, 0.15) is 30.3 Å². The van der Waals surface area contributed by atoms with Gasteiger partial charge in [0, 0.05) is 16.8 Å². The molecule has 0 radical (unpaired) electrons. The fourth-order valence-corrected chi connectivity index (χ4v) is 2.64. The number of rotatable bonds is 6. The molecule has 0 unspecified atom stereocenters. The minimum Gasteiger partial charge on any atom is -0.317 e. The van der Waals surface area contributed by atoms with Crippen molar-refractivity contribution >= 4 is 11.3 Å². The summed E-state index contributed by atoms with van der Waals surface area (Å²) in [4.78, 5) is 13.4. The summed E-state index contributed by atoms with van der Waals surface area (Å²) >= 11 is 1.57. The normalized spacial score (nSPS) is 10.9. The Kier molecular flexibility index (Phi) is 4.99. The molecule has 2 heterocycles. The van der Waals surface area contributed by atoms with Gasteiger partial charge in [-0.25, -0.2) is 15.0 Å². The molecule has 0 aliphatic carbocycles. The monoisotopic (exact) mass is 276 g/mol. The molecule has 2 aromatic heterocycles. The van der Waals surface area contributed by atoms with E-state index in [1.54, 1.807) is 11.3 Å². The van der Waals surface area contributed by atoms with Gasteiger partial charge in [0.2, 0.25) is 0 Å². The second kappa shape index (κ2) is 6.73.